The average Bonchev–Trinajstić information content (AvgIpc) is 0.722. The molecule has 7 heavy (non-hydrogen) atoms. The van der Waals surface area contributed by atoms with Crippen LogP contribution in [0.2, 0.25) is 13.1 Å². The molecule has 0 heterocycles. The van der Waals surface area contributed by atoms with Crippen LogP contribution >= 0.6 is 0 Å². The van der Waals surface area contributed by atoms with E-state index >= 15 is 0 Å². The molecule has 0 fully saturated rings. The molecule has 0 spiro atoms. The van der Waals surface area contributed by atoms with Gasteiger partial charge in [-0.3, -0.25) is 0 Å². The van der Waals surface area contributed by atoms with Crippen molar-refractivity contribution in [1.82, 2.24) is 0 Å². The molecule has 0 aliphatic rings. The predicted molar refractivity (Wildman–Crippen MR) is 17.5 cm³/mol. The van der Waals surface area contributed by atoms with Crippen molar-refractivity contribution in [2.45, 2.75) is 13.1 Å². The summed E-state index contributed by atoms with van der Waals surface area (Å²) in [6.45, 7) is 2.43. The molecule has 0 saturated carbocycles. The van der Waals surface area contributed by atoms with Crippen LogP contribution in [0.25, 0.3) is 0 Å². The minimum atomic E-state index is -3.11. The maximum Gasteiger partial charge on any atom is 1.00 e. The molecule has 0 saturated heterocycles. The van der Waals surface area contributed by atoms with Gasteiger partial charge in [-0.25, -0.2) is 0 Å². The zero-order valence-corrected chi connectivity index (χ0v) is 10.3. The van der Waals surface area contributed by atoms with E-state index in [1.165, 1.54) is 13.1 Å². The molecule has 5 heteroatoms. The van der Waals surface area contributed by atoms with E-state index in [2.05, 4.69) is 0 Å². The first-order valence-corrected chi connectivity index (χ1v) is 4.22. The van der Waals surface area contributed by atoms with Gasteiger partial charge in [0.05, 0.1) is 0 Å². The average molecular weight is 136 g/mol. The molecule has 0 aromatic rings. The van der Waals surface area contributed by atoms with Gasteiger partial charge in [0.15, 0.2) is 0 Å². The SMILES string of the molecule is C[Si](C)([O-])[O-].[Na+].[Na+]. The fourth-order valence-electron chi connectivity index (χ4n) is 0. The summed E-state index contributed by atoms with van der Waals surface area (Å²) in [6, 6.07) is 0. The Morgan fingerprint density at radius 3 is 1.00 bits per heavy atom. The smallest absolute Gasteiger partial charge is 0.870 e. The van der Waals surface area contributed by atoms with Crippen molar-refractivity contribution < 1.29 is 68.7 Å². The van der Waals surface area contributed by atoms with Crippen molar-refractivity contribution in [2.75, 3.05) is 0 Å². The van der Waals surface area contributed by atoms with Crippen LogP contribution < -0.4 is 68.7 Å². The Morgan fingerprint density at radius 1 is 1.00 bits per heavy atom. The van der Waals surface area contributed by atoms with E-state index in [-0.39, 0.29) is 59.1 Å². The molecule has 0 N–H and O–H groups in total. The maximum absolute atomic E-state index is 9.69. The molecule has 0 rings (SSSR count). The summed E-state index contributed by atoms with van der Waals surface area (Å²) in [5, 5.41) is 0. The third-order valence-corrected chi connectivity index (χ3v) is 0. The summed E-state index contributed by atoms with van der Waals surface area (Å²) in [6.07, 6.45) is 0. The summed E-state index contributed by atoms with van der Waals surface area (Å²) >= 11 is 0. The minimum Gasteiger partial charge on any atom is -0.870 e. The van der Waals surface area contributed by atoms with Crippen molar-refractivity contribution in [3.8, 4) is 0 Å². The van der Waals surface area contributed by atoms with E-state index < -0.39 is 8.56 Å². The van der Waals surface area contributed by atoms with Gasteiger partial charge >= 0.3 is 59.1 Å². The Bertz CT molecular complexity index is 29.2. The normalized spacial score (nSPS) is 8.57. The van der Waals surface area contributed by atoms with Crippen molar-refractivity contribution >= 4 is 8.56 Å². The monoisotopic (exact) mass is 136 g/mol. The van der Waals surface area contributed by atoms with Crippen molar-refractivity contribution in [1.29, 1.82) is 0 Å². The largest absolute Gasteiger partial charge is 1.00 e. The molecule has 0 aliphatic heterocycles. The minimum absolute atomic E-state index is 0. The molecule has 0 atom stereocenters. The first-order valence-electron chi connectivity index (χ1n) is 1.41. The second-order valence-electron chi connectivity index (χ2n) is 1.40. The van der Waals surface area contributed by atoms with E-state index in [0.717, 1.165) is 0 Å². The van der Waals surface area contributed by atoms with E-state index in [1.54, 1.807) is 0 Å². The summed E-state index contributed by atoms with van der Waals surface area (Å²) in [4.78, 5) is 19.4. The summed E-state index contributed by atoms with van der Waals surface area (Å²) < 4.78 is 0. The Morgan fingerprint density at radius 2 is 1.00 bits per heavy atom. The summed E-state index contributed by atoms with van der Waals surface area (Å²) in [5.74, 6) is 0. The first-order chi connectivity index (χ1) is 2.00. The van der Waals surface area contributed by atoms with Gasteiger partial charge in [0.2, 0.25) is 0 Å². The second-order valence-corrected chi connectivity index (χ2v) is 4.20. The summed E-state index contributed by atoms with van der Waals surface area (Å²) in [7, 11) is -3.11. The first kappa shape index (κ1) is 16.1. The van der Waals surface area contributed by atoms with Crippen molar-refractivity contribution in [2.24, 2.45) is 0 Å². The van der Waals surface area contributed by atoms with Gasteiger partial charge in [0.1, 0.15) is 0 Å². The van der Waals surface area contributed by atoms with Crippen LogP contribution in [0, 0.1) is 0 Å². The maximum atomic E-state index is 9.69. The molecule has 0 aliphatic carbocycles. The molecule has 0 unspecified atom stereocenters. The van der Waals surface area contributed by atoms with Gasteiger partial charge in [-0.15, -0.1) is 13.1 Å². The molecule has 0 aromatic heterocycles. The Labute approximate surface area is 89.1 Å². The molecular weight excluding hydrogens is 130 g/mol. The zero-order chi connectivity index (χ0) is 4.50. The van der Waals surface area contributed by atoms with Gasteiger partial charge in [0.25, 0.3) is 0 Å². The quantitative estimate of drug-likeness (QED) is 0.310. The topological polar surface area (TPSA) is 46.1 Å². The van der Waals surface area contributed by atoms with Crippen molar-refractivity contribution in [3.05, 3.63) is 0 Å². The molecular formula is C2H6Na2O2Si. The Balaban J connectivity index is -0.0000000800. The molecule has 0 radical (unpaired) electrons. The van der Waals surface area contributed by atoms with E-state index in [9.17, 15) is 9.59 Å². The number of hydrogen-bond donors (Lipinski definition) is 0. The van der Waals surface area contributed by atoms with E-state index in [0.29, 0.717) is 0 Å². The third kappa shape index (κ3) is 67.1. The van der Waals surface area contributed by atoms with Crippen LogP contribution in [0.3, 0.4) is 0 Å². The van der Waals surface area contributed by atoms with Crippen LogP contribution in [0.15, 0.2) is 0 Å². The van der Waals surface area contributed by atoms with Gasteiger partial charge in [-0.2, -0.15) is 8.56 Å². The van der Waals surface area contributed by atoms with Crippen LogP contribution in [-0.4, -0.2) is 8.56 Å². The van der Waals surface area contributed by atoms with Gasteiger partial charge in [-0.05, 0) is 0 Å². The molecule has 0 aromatic carbocycles. The van der Waals surface area contributed by atoms with E-state index in [1.807, 2.05) is 0 Å². The fourth-order valence-corrected chi connectivity index (χ4v) is 0. The zero-order valence-electron chi connectivity index (χ0n) is 5.32. The fraction of sp³-hybridized carbons (Fsp3) is 1.00. The predicted octanol–water partition coefficient (Wildman–Crippen LogP) is -7.58. The Kier molecular flexibility index (Phi) is 14.4. The number of rotatable bonds is 0. The Hall–Kier alpha value is 2.14. The van der Waals surface area contributed by atoms with Gasteiger partial charge in [0, 0.05) is 0 Å². The van der Waals surface area contributed by atoms with Crippen molar-refractivity contribution in [3.63, 3.8) is 0 Å². The molecule has 0 amide bonds. The molecule has 32 valence electrons. The van der Waals surface area contributed by atoms with Crippen LogP contribution in [0.4, 0.5) is 0 Å². The number of hydrogen-bond acceptors (Lipinski definition) is 2. The van der Waals surface area contributed by atoms with Crippen LogP contribution in [0.5, 0.6) is 0 Å². The van der Waals surface area contributed by atoms with Crippen LogP contribution in [0.1, 0.15) is 0 Å². The summed E-state index contributed by atoms with van der Waals surface area (Å²) in [5.41, 5.74) is 0. The molecule has 2 nitrogen and oxygen atoms in total. The standard InChI is InChI=1S/C2H6O2Si.2Na/c1-5(2,3)4;;/h1-2H3;;/q-2;2*+1. The van der Waals surface area contributed by atoms with Gasteiger partial charge < -0.3 is 9.59 Å². The van der Waals surface area contributed by atoms with E-state index in [4.69, 9.17) is 0 Å². The third-order valence-electron chi connectivity index (χ3n) is 0. The molecule has 0 bridgehead atoms. The van der Waals surface area contributed by atoms with Crippen LogP contribution in [-0.2, 0) is 0 Å². The second kappa shape index (κ2) is 6.26. The van der Waals surface area contributed by atoms with Gasteiger partial charge in [-0.1, -0.05) is 0 Å².